The van der Waals surface area contributed by atoms with E-state index < -0.39 is 58.0 Å². The van der Waals surface area contributed by atoms with Gasteiger partial charge >= 0.3 is 0 Å². The van der Waals surface area contributed by atoms with Crippen LogP contribution in [0.25, 0.3) is 16.9 Å². The Labute approximate surface area is 206 Å². The van der Waals surface area contributed by atoms with Crippen LogP contribution in [0.4, 0.5) is 0 Å². The van der Waals surface area contributed by atoms with Gasteiger partial charge in [-0.3, -0.25) is 19.3 Å². The third-order valence-corrected chi connectivity index (χ3v) is 7.69. The number of Topliss-reactive ketones (excluding diaryl/α,β-unsaturated/α-hetero) is 2. The molecule has 6 N–H and O–H groups in total. The maximum absolute atomic E-state index is 13.8. The van der Waals surface area contributed by atoms with Gasteiger partial charge in [-0.25, -0.2) is 0 Å². The van der Waals surface area contributed by atoms with Gasteiger partial charge in [0.25, 0.3) is 5.91 Å². The van der Waals surface area contributed by atoms with Crippen molar-refractivity contribution in [2.75, 3.05) is 14.1 Å². The summed E-state index contributed by atoms with van der Waals surface area (Å²) in [6.07, 6.45) is 0.294. The number of nitrogens with two attached hydrogens (primary N) is 1. The zero-order valence-corrected chi connectivity index (χ0v) is 19.7. The molecule has 0 aliphatic heterocycles. The Hall–Kier alpha value is -3.95. The molecular weight excluding hydrogens is 464 g/mol. The van der Waals surface area contributed by atoms with E-state index in [4.69, 9.17) is 5.73 Å². The van der Waals surface area contributed by atoms with Crippen LogP contribution in [-0.2, 0) is 20.8 Å². The lowest BCUT2D eigenvalue weighted by molar-refractivity contribution is -0.153. The Morgan fingerprint density at radius 1 is 1.06 bits per heavy atom. The predicted octanol–water partition coefficient (Wildman–Crippen LogP) is 1.63. The van der Waals surface area contributed by atoms with Crippen LogP contribution in [-0.4, -0.2) is 68.5 Å². The van der Waals surface area contributed by atoms with Crippen molar-refractivity contribution in [1.82, 2.24) is 4.90 Å². The Bertz CT molecular complexity index is 1390. The summed E-state index contributed by atoms with van der Waals surface area (Å²) in [5, 5.41) is 44.4. The number of benzene rings is 2. The zero-order chi connectivity index (χ0) is 26.1. The number of fused-ring (bicyclic) bond motifs is 3. The fraction of sp³-hybridized carbons (Fsp3) is 0.296. The minimum Gasteiger partial charge on any atom is -0.508 e. The number of carbonyl (C=O) groups is 3. The van der Waals surface area contributed by atoms with Crippen LogP contribution >= 0.6 is 0 Å². The number of amides is 1. The molecule has 1 amide bonds. The van der Waals surface area contributed by atoms with Gasteiger partial charge < -0.3 is 26.2 Å². The molecule has 0 radical (unpaired) electrons. The van der Waals surface area contributed by atoms with Gasteiger partial charge in [0.15, 0.2) is 11.4 Å². The number of hydrogen-bond donors (Lipinski definition) is 5. The normalized spacial score (nSPS) is 27.6. The molecule has 0 spiro atoms. The first-order valence-corrected chi connectivity index (χ1v) is 11.5. The standard InChI is InChI=1S/C27H26N2O7/c1-29(2)21-16-11-13-10-15-14(12-6-4-3-5-7-12)8-9-17(30)19(15)22(31)18(13)24(33)27(16,36)25(34)20(23(21)32)26(28)35/h3-9,13,16,21,30-31,34,36H,10-11H2,1-2H3,(H2,28,35). The highest BCUT2D eigenvalue weighted by molar-refractivity contribution is 6.24. The predicted molar refractivity (Wildman–Crippen MR) is 130 cm³/mol. The maximum atomic E-state index is 13.8. The largest absolute Gasteiger partial charge is 0.508 e. The van der Waals surface area contributed by atoms with Crippen LogP contribution in [0, 0.1) is 11.8 Å². The van der Waals surface area contributed by atoms with E-state index in [2.05, 4.69) is 0 Å². The highest BCUT2D eigenvalue weighted by Crippen LogP contribution is 2.53. The third-order valence-electron chi connectivity index (χ3n) is 7.69. The molecular formula is C27H26N2O7. The second-order valence-corrected chi connectivity index (χ2v) is 9.81. The van der Waals surface area contributed by atoms with E-state index in [-0.39, 0.29) is 29.7 Å². The number of nitrogens with zero attached hydrogens (tertiary/aromatic N) is 1. The lowest BCUT2D eigenvalue weighted by atomic mass is 9.57. The minimum absolute atomic E-state index is 0.0512. The van der Waals surface area contributed by atoms with E-state index in [1.165, 1.54) is 11.0 Å². The Balaban J connectivity index is 1.75. The van der Waals surface area contributed by atoms with Crippen molar-refractivity contribution in [3.63, 3.8) is 0 Å². The summed E-state index contributed by atoms with van der Waals surface area (Å²) in [5.74, 6) is -6.61. The molecule has 0 saturated heterocycles. The summed E-state index contributed by atoms with van der Waals surface area (Å²) >= 11 is 0. The van der Waals surface area contributed by atoms with Crippen molar-refractivity contribution < 1.29 is 34.8 Å². The monoisotopic (exact) mass is 490 g/mol. The van der Waals surface area contributed by atoms with E-state index in [0.717, 1.165) is 11.1 Å². The molecule has 0 aromatic heterocycles. The molecule has 3 aliphatic rings. The van der Waals surface area contributed by atoms with Crippen LogP contribution < -0.4 is 5.73 Å². The third kappa shape index (κ3) is 3.06. The van der Waals surface area contributed by atoms with Gasteiger partial charge in [-0.2, -0.15) is 0 Å². The molecule has 4 atom stereocenters. The highest BCUT2D eigenvalue weighted by Gasteiger charge is 2.64. The van der Waals surface area contributed by atoms with Gasteiger partial charge in [0.05, 0.1) is 11.6 Å². The number of aliphatic hydroxyl groups excluding tert-OH is 2. The van der Waals surface area contributed by atoms with Gasteiger partial charge in [0, 0.05) is 11.5 Å². The van der Waals surface area contributed by atoms with Crippen molar-refractivity contribution in [2.45, 2.75) is 24.5 Å². The number of primary amides is 1. The van der Waals surface area contributed by atoms with E-state index in [0.29, 0.717) is 5.56 Å². The van der Waals surface area contributed by atoms with E-state index in [1.807, 2.05) is 30.3 Å². The second-order valence-electron chi connectivity index (χ2n) is 9.81. The Morgan fingerprint density at radius 2 is 1.72 bits per heavy atom. The van der Waals surface area contributed by atoms with Gasteiger partial charge in [-0.1, -0.05) is 36.4 Å². The van der Waals surface area contributed by atoms with Crippen molar-refractivity contribution >= 4 is 23.2 Å². The topological polar surface area (TPSA) is 161 Å². The molecule has 36 heavy (non-hydrogen) atoms. The molecule has 0 bridgehead atoms. The minimum atomic E-state index is -2.64. The number of aromatic hydroxyl groups is 1. The number of hydrogen-bond acceptors (Lipinski definition) is 8. The van der Waals surface area contributed by atoms with Gasteiger partial charge in [0.2, 0.25) is 5.78 Å². The fourth-order valence-corrected chi connectivity index (χ4v) is 6.13. The first-order valence-electron chi connectivity index (χ1n) is 11.5. The summed E-state index contributed by atoms with van der Waals surface area (Å²) in [6, 6.07) is 11.4. The molecule has 186 valence electrons. The van der Waals surface area contributed by atoms with Crippen LogP contribution in [0.2, 0.25) is 0 Å². The smallest absolute Gasteiger partial charge is 0.255 e. The number of likely N-dealkylation sites (N-methyl/N-ethyl adjacent to an activating group) is 1. The van der Waals surface area contributed by atoms with Crippen molar-refractivity contribution in [2.24, 2.45) is 17.6 Å². The molecule has 9 nitrogen and oxygen atoms in total. The van der Waals surface area contributed by atoms with Crippen molar-refractivity contribution in [3.05, 3.63) is 70.5 Å². The highest BCUT2D eigenvalue weighted by atomic mass is 16.3. The molecule has 9 heteroatoms. The molecule has 1 fully saturated rings. The van der Waals surface area contributed by atoms with Crippen LogP contribution in [0.15, 0.2) is 59.4 Å². The SMILES string of the molecule is CN(C)C1C(=O)C(C(N)=O)=C(O)C2(O)C(=O)C3=C(O)c4c(O)ccc(-c5ccccc5)c4CC3CC12. The van der Waals surface area contributed by atoms with E-state index >= 15 is 0 Å². The molecule has 1 saturated carbocycles. The van der Waals surface area contributed by atoms with Gasteiger partial charge in [-0.05, 0) is 55.6 Å². The summed E-state index contributed by atoms with van der Waals surface area (Å²) in [5.41, 5.74) is 4.04. The molecule has 5 rings (SSSR count). The first-order chi connectivity index (χ1) is 17.0. The Morgan fingerprint density at radius 3 is 2.33 bits per heavy atom. The average Bonchev–Trinajstić information content (AvgIpc) is 2.81. The summed E-state index contributed by atoms with van der Waals surface area (Å²) in [4.78, 5) is 40.5. The molecule has 4 unspecified atom stereocenters. The van der Waals surface area contributed by atoms with Crippen LogP contribution in [0.3, 0.4) is 0 Å². The summed E-state index contributed by atoms with van der Waals surface area (Å²) in [6.45, 7) is 0. The summed E-state index contributed by atoms with van der Waals surface area (Å²) < 4.78 is 0. The molecule has 3 aliphatic carbocycles. The number of carbonyl (C=O) groups excluding carboxylic acids is 3. The summed E-state index contributed by atoms with van der Waals surface area (Å²) in [7, 11) is 3.14. The maximum Gasteiger partial charge on any atom is 0.255 e. The van der Waals surface area contributed by atoms with E-state index in [9.17, 15) is 34.8 Å². The fourth-order valence-electron chi connectivity index (χ4n) is 6.13. The lowest BCUT2D eigenvalue weighted by Crippen LogP contribution is -2.65. The van der Waals surface area contributed by atoms with E-state index in [1.54, 1.807) is 20.2 Å². The first kappa shape index (κ1) is 23.8. The number of aliphatic hydroxyl groups is 3. The Kier molecular flexibility index (Phi) is 5.31. The van der Waals surface area contributed by atoms with Gasteiger partial charge in [-0.15, -0.1) is 0 Å². The average molecular weight is 491 g/mol. The zero-order valence-electron chi connectivity index (χ0n) is 19.7. The molecule has 2 aromatic rings. The van der Waals surface area contributed by atoms with Crippen LogP contribution in [0.1, 0.15) is 17.5 Å². The quantitative estimate of drug-likeness (QED) is 0.406. The second kappa shape index (κ2) is 8.04. The molecule has 0 heterocycles. The van der Waals surface area contributed by atoms with Crippen LogP contribution in [0.5, 0.6) is 5.75 Å². The number of phenols is 1. The lowest BCUT2D eigenvalue weighted by Gasteiger charge is -2.50. The number of ketones is 2. The van der Waals surface area contributed by atoms with Gasteiger partial charge in [0.1, 0.15) is 22.8 Å². The van der Waals surface area contributed by atoms with Crippen molar-refractivity contribution in [1.29, 1.82) is 0 Å². The number of rotatable bonds is 3. The molecule has 2 aromatic carbocycles. The van der Waals surface area contributed by atoms with Crippen molar-refractivity contribution in [3.8, 4) is 16.9 Å². The number of phenolic OH excluding ortho intramolecular Hbond substituents is 1.